The third-order valence-corrected chi connectivity index (χ3v) is 4.25. The van der Waals surface area contributed by atoms with Gasteiger partial charge in [0.15, 0.2) is 5.78 Å². The summed E-state index contributed by atoms with van der Waals surface area (Å²) >= 11 is 0. The fourth-order valence-corrected chi connectivity index (χ4v) is 2.99. The third-order valence-electron chi connectivity index (χ3n) is 4.25. The van der Waals surface area contributed by atoms with Crippen molar-refractivity contribution in [3.8, 4) is 0 Å². The van der Waals surface area contributed by atoms with Crippen molar-refractivity contribution in [2.75, 3.05) is 13.1 Å². The normalized spacial score (nSPS) is 17.6. The second kappa shape index (κ2) is 6.93. The van der Waals surface area contributed by atoms with Crippen molar-refractivity contribution in [1.29, 1.82) is 0 Å². The van der Waals surface area contributed by atoms with Crippen LogP contribution in [0.1, 0.15) is 39.1 Å². The zero-order valence-corrected chi connectivity index (χ0v) is 13.2. The summed E-state index contributed by atoms with van der Waals surface area (Å²) in [7, 11) is 0. The topological polar surface area (TPSA) is 63.4 Å². The predicted octanol–water partition coefficient (Wildman–Crippen LogP) is 2.62. The smallest absolute Gasteiger partial charge is 0.254 e. The number of rotatable bonds is 3. The minimum absolute atomic E-state index is 0.0253. The van der Waals surface area contributed by atoms with Crippen LogP contribution < -0.4 is 5.73 Å². The summed E-state index contributed by atoms with van der Waals surface area (Å²) < 4.78 is 13.1. The van der Waals surface area contributed by atoms with Crippen LogP contribution in [0.3, 0.4) is 0 Å². The zero-order chi connectivity index (χ0) is 17.1. The Balaban J connectivity index is 1.91. The summed E-state index contributed by atoms with van der Waals surface area (Å²) in [6.45, 7) is 1.14. The number of amides is 1. The quantitative estimate of drug-likeness (QED) is 0.882. The first-order valence-corrected chi connectivity index (χ1v) is 8.00. The molecule has 0 spiro atoms. The monoisotopic (exact) mass is 326 g/mol. The van der Waals surface area contributed by atoms with Gasteiger partial charge in [-0.2, -0.15) is 0 Å². The van der Waals surface area contributed by atoms with Crippen LogP contribution in [0.15, 0.2) is 48.5 Å². The molecule has 1 atom stereocenters. The average molecular weight is 326 g/mol. The molecular formula is C19H19FN2O2. The number of hydrogen-bond donors (Lipinski definition) is 1. The van der Waals surface area contributed by atoms with E-state index in [0.29, 0.717) is 29.8 Å². The maximum Gasteiger partial charge on any atom is 0.254 e. The van der Waals surface area contributed by atoms with Crippen molar-refractivity contribution < 1.29 is 14.0 Å². The molecule has 0 aromatic heterocycles. The third kappa shape index (κ3) is 3.36. The summed E-state index contributed by atoms with van der Waals surface area (Å²) in [6, 6.07) is 12.0. The maximum atomic E-state index is 13.1. The van der Waals surface area contributed by atoms with E-state index in [2.05, 4.69) is 0 Å². The minimum atomic E-state index is -0.404. The molecule has 0 saturated carbocycles. The summed E-state index contributed by atoms with van der Waals surface area (Å²) in [5.41, 5.74) is 6.99. The van der Waals surface area contributed by atoms with Crippen LogP contribution in [0.4, 0.5) is 4.39 Å². The second-order valence-corrected chi connectivity index (χ2v) is 6.04. The van der Waals surface area contributed by atoms with Gasteiger partial charge in [-0.3, -0.25) is 9.59 Å². The summed E-state index contributed by atoms with van der Waals surface area (Å²) in [6.07, 6.45) is 1.76. The van der Waals surface area contributed by atoms with Gasteiger partial charge in [-0.15, -0.1) is 0 Å². The molecule has 0 radical (unpaired) electrons. The lowest BCUT2D eigenvalue weighted by Gasteiger charge is -2.31. The number of halogens is 1. The second-order valence-electron chi connectivity index (χ2n) is 6.04. The SMILES string of the molecule is N[C@@H]1CCCN(C(=O)c2ccccc2C(=O)c2ccc(F)cc2)C1. The number of carbonyl (C=O) groups is 2. The summed E-state index contributed by atoms with van der Waals surface area (Å²) in [5.74, 6) is -0.880. The molecule has 2 N–H and O–H groups in total. The fourth-order valence-electron chi connectivity index (χ4n) is 2.99. The van der Waals surface area contributed by atoms with E-state index in [1.165, 1.54) is 24.3 Å². The highest BCUT2D eigenvalue weighted by Gasteiger charge is 2.25. The lowest BCUT2D eigenvalue weighted by molar-refractivity contribution is 0.0705. The van der Waals surface area contributed by atoms with Crippen LogP contribution >= 0.6 is 0 Å². The maximum absolute atomic E-state index is 13.1. The van der Waals surface area contributed by atoms with Gasteiger partial charge in [-0.25, -0.2) is 4.39 Å². The molecule has 0 bridgehead atoms. The molecule has 0 unspecified atom stereocenters. The summed E-state index contributed by atoms with van der Waals surface area (Å²) in [4.78, 5) is 27.2. The number of ketones is 1. The molecule has 24 heavy (non-hydrogen) atoms. The first-order chi connectivity index (χ1) is 11.6. The van der Waals surface area contributed by atoms with E-state index in [0.717, 1.165) is 12.8 Å². The number of benzene rings is 2. The Morgan fingerprint density at radius 3 is 2.38 bits per heavy atom. The first-order valence-electron chi connectivity index (χ1n) is 8.00. The van der Waals surface area contributed by atoms with Crippen molar-refractivity contribution in [3.05, 3.63) is 71.0 Å². The molecule has 2 aromatic rings. The van der Waals surface area contributed by atoms with Gasteiger partial charge >= 0.3 is 0 Å². The van der Waals surface area contributed by atoms with E-state index >= 15 is 0 Å². The molecule has 1 aliphatic heterocycles. The molecule has 124 valence electrons. The number of hydrogen-bond acceptors (Lipinski definition) is 3. The highest BCUT2D eigenvalue weighted by molar-refractivity contribution is 6.15. The fraction of sp³-hybridized carbons (Fsp3) is 0.263. The highest BCUT2D eigenvalue weighted by atomic mass is 19.1. The van der Waals surface area contributed by atoms with Crippen LogP contribution in [0, 0.1) is 5.82 Å². The van der Waals surface area contributed by atoms with Crippen LogP contribution in [-0.2, 0) is 0 Å². The van der Waals surface area contributed by atoms with Crippen molar-refractivity contribution in [1.82, 2.24) is 4.90 Å². The number of likely N-dealkylation sites (tertiary alicyclic amines) is 1. The number of piperidine rings is 1. The van der Waals surface area contributed by atoms with Crippen LogP contribution in [0.5, 0.6) is 0 Å². The molecule has 5 heteroatoms. The number of carbonyl (C=O) groups excluding carboxylic acids is 2. The van der Waals surface area contributed by atoms with Gasteiger partial charge in [-0.05, 0) is 43.2 Å². The molecule has 1 aliphatic rings. The lowest BCUT2D eigenvalue weighted by Crippen LogP contribution is -2.46. The number of nitrogens with zero attached hydrogens (tertiary/aromatic N) is 1. The Kier molecular flexibility index (Phi) is 4.71. The Bertz CT molecular complexity index is 758. The Morgan fingerprint density at radius 2 is 1.71 bits per heavy atom. The average Bonchev–Trinajstić information content (AvgIpc) is 2.61. The molecule has 1 heterocycles. The standard InChI is InChI=1S/C19H19FN2O2/c20-14-9-7-13(8-10-14)18(23)16-5-1-2-6-17(16)19(24)22-11-3-4-15(21)12-22/h1-2,5-10,15H,3-4,11-12,21H2/t15-/m1/s1. The van der Waals surface area contributed by atoms with Crippen molar-refractivity contribution in [2.45, 2.75) is 18.9 Å². The number of nitrogens with two attached hydrogens (primary N) is 1. The van der Waals surface area contributed by atoms with E-state index in [4.69, 9.17) is 5.73 Å². The van der Waals surface area contributed by atoms with E-state index in [1.54, 1.807) is 29.2 Å². The molecule has 0 aliphatic carbocycles. The van der Waals surface area contributed by atoms with Gasteiger partial charge < -0.3 is 10.6 Å². The molecule has 3 rings (SSSR count). The minimum Gasteiger partial charge on any atom is -0.337 e. The molecule has 1 amide bonds. The largest absolute Gasteiger partial charge is 0.337 e. The molecule has 2 aromatic carbocycles. The van der Waals surface area contributed by atoms with Crippen LogP contribution in [0.25, 0.3) is 0 Å². The van der Waals surface area contributed by atoms with Gasteiger partial charge in [0.05, 0.1) is 5.56 Å². The van der Waals surface area contributed by atoms with Crippen molar-refractivity contribution >= 4 is 11.7 Å². The molecule has 1 fully saturated rings. The lowest BCUT2D eigenvalue weighted by atomic mass is 9.96. The van der Waals surface area contributed by atoms with E-state index < -0.39 is 5.82 Å². The van der Waals surface area contributed by atoms with E-state index in [9.17, 15) is 14.0 Å². The zero-order valence-electron chi connectivity index (χ0n) is 13.2. The van der Waals surface area contributed by atoms with Crippen LogP contribution in [-0.4, -0.2) is 35.7 Å². The Morgan fingerprint density at radius 1 is 1.04 bits per heavy atom. The van der Waals surface area contributed by atoms with Crippen LogP contribution in [0.2, 0.25) is 0 Å². The van der Waals surface area contributed by atoms with Crippen molar-refractivity contribution in [3.63, 3.8) is 0 Å². The van der Waals surface area contributed by atoms with Gasteiger partial charge in [0, 0.05) is 30.3 Å². The van der Waals surface area contributed by atoms with Gasteiger partial charge in [0.1, 0.15) is 5.82 Å². The van der Waals surface area contributed by atoms with E-state index in [1.807, 2.05) is 0 Å². The molecule has 1 saturated heterocycles. The van der Waals surface area contributed by atoms with E-state index in [-0.39, 0.29) is 17.7 Å². The van der Waals surface area contributed by atoms with Gasteiger partial charge in [0.25, 0.3) is 5.91 Å². The predicted molar refractivity (Wildman–Crippen MR) is 89.4 cm³/mol. The summed E-state index contributed by atoms with van der Waals surface area (Å²) in [5, 5.41) is 0. The van der Waals surface area contributed by atoms with Gasteiger partial charge in [0.2, 0.25) is 0 Å². The van der Waals surface area contributed by atoms with Crippen molar-refractivity contribution in [2.24, 2.45) is 5.73 Å². The first kappa shape index (κ1) is 16.3. The molecular weight excluding hydrogens is 307 g/mol. The Hall–Kier alpha value is -2.53. The highest BCUT2D eigenvalue weighted by Crippen LogP contribution is 2.19. The molecule has 4 nitrogen and oxygen atoms in total. The Labute approximate surface area is 140 Å². The van der Waals surface area contributed by atoms with Gasteiger partial charge in [-0.1, -0.05) is 18.2 Å².